The number of rotatable bonds is 4. The first kappa shape index (κ1) is 18.1. The fraction of sp³-hybridized carbons (Fsp3) is 0. The van der Waals surface area contributed by atoms with Crippen LogP contribution in [0.15, 0.2) is 60.8 Å². The van der Waals surface area contributed by atoms with Crippen LogP contribution in [0, 0.1) is 5.82 Å². The van der Waals surface area contributed by atoms with Crippen molar-refractivity contribution in [3.05, 3.63) is 72.3 Å². The van der Waals surface area contributed by atoms with E-state index in [1.807, 2.05) is 0 Å². The maximum atomic E-state index is 12.8. The molecule has 1 heterocycles. The van der Waals surface area contributed by atoms with Gasteiger partial charge in [-0.25, -0.2) is 14.4 Å². The van der Waals surface area contributed by atoms with E-state index in [9.17, 15) is 14.3 Å². The van der Waals surface area contributed by atoms with Crippen LogP contribution in [-0.4, -0.2) is 15.9 Å². The van der Waals surface area contributed by atoms with E-state index in [1.165, 1.54) is 36.5 Å². The van der Waals surface area contributed by atoms with Crippen molar-refractivity contribution >= 4 is 5.97 Å². The maximum absolute atomic E-state index is 12.8. The number of ether oxygens (including phenoxy) is 1. The van der Waals surface area contributed by atoms with Gasteiger partial charge < -0.3 is 14.6 Å². The van der Waals surface area contributed by atoms with E-state index in [-0.39, 0.29) is 46.9 Å². The molecule has 0 N–H and O–H groups in total. The number of halogens is 1. The first-order valence-electron chi connectivity index (χ1n) is 6.70. The zero-order valence-corrected chi connectivity index (χ0v) is 14.8. The maximum Gasteiger partial charge on any atom is 1.00 e. The molecular weight excluding hydrogens is 322 g/mol. The van der Waals surface area contributed by atoms with Crippen molar-refractivity contribution in [3.63, 3.8) is 0 Å². The molecular formula is C17H10FN2NaO3. The summed E-state index contributed by atoms with van der Waals surface area (Å²) in [4.78, 5) is 18.8. The number of carboxylic acid groups (broad SMARTS) is 1. The molecule has 0 aliphatic heterocycles. The predicted octanol–water partition coefficient (Wildman–Crippen LogP) is -0.558. The Hall–Kier alpha value is -2.28. The van der Waals surface area contributed by atoms with Gasteiger partial charge in [-0.3, -0.25) is 0 Å². The summed E-state index contributed by atoms with van der Waals surface area (Å²) in [7, 11) is 0. The van der Waals surface area contributed by atoms with Crippen molar-refractivity contribution in [2.45, 2.75) is 0 Å². The van der Waals surface area contributed by atoms with Crippen LogP contribution < -0.4 is 39.4 Å². The number of carboxylic acids is 1. The zero-order chi connectivity index (χ0) is 16.2. The summed E-state index contributed by atoms with van der Waals surface area (Å²) in [6.07, 6.45) is 1.36. The second kappa shape index (κ2) is 8.01. The van der Waals surface area contributed by atoms with E-state index < -0.39 is 5.97 Å². The Morgan fingerprint density at radius 1 is 0.958 bits per heavy atom. The zero-order valence-electron chi connectivity index (χ0n) is 12.8. The molecule has 7 heteroatoms. The van der Waals surface area contributed by atoms with Crippen molar-refractivity contribution in [1.82, 2.24) is 9.97 Å². The number of aromatic carboxylic acids is 1. The molecule has 0 amide bonds. The number of carbonyl (C=O) groups is 1. The summed E-state index contributed by atoms with van der Waals surface area (Å²) >= 11 is 0. The molecule has 2 aromatic carbocycles. The molecule has 3 aromatic rings. The molecule has 0 unspecified atom stereocenters. The van der Waals surface area contributed by atoms with Crippen LogP contribution in [0.1, 0.15) is 10.5 Å². The van der Waals surface area contributed by atoms with E-state index in [2.05, 4.69) is 9.97 Å². The first-order valence-corrected chi connectivity index (χ1v) is 6.70. The van der Waals surface area contributed by atoms with Gasteiger partial charge in [0.05, 0.1) is 11.7 Å². The molecule has 0 bridgehead atoms. The van der Waals surface area contributed by atoms with E-state index in [4.69, 9.17) is 4.74 Å². The van der Waals surface area contributed by atoms with Gasteiger partial charge >= 0.3 is 29.6 Å². The van der Waals surface area contributed by atoms with Crippen LogP contribution in [0.2, 0.25) is 0 Å². The number of nitrogens with zero attached hydrogens (tertiary/aromatic N) is 2. The van der Waals surface area contributed by atoms with Gasteiger partial charge in [-0.1, -0.05) is 0 Å². The molecule has 3 rings (SSSR count). The first-order chi connectivity index (χ1) is 11.1. The third kappa shape index (κ3) is 4.38. The van der Waals surface area contributed by atoms with Crippen LogP contribution in [0.25, 0.3) is 11.4 Å². The fourth-order valence-electron chi connectivity index (χ4n) is 1.92. The van der Waals surface area contributed by atoms with Crippen molar-refractivity contribution in [3.8, 4) is 22.9 Å². The SMILES string of the molecule is O=C([O-])c1ccnc(-c2ccc(Oc3ccc(F)cc3)cc2)n1.[Na+]. The molecule has 24 heavy (non-hydrogen) atoms. The van der Waals surface area contributed by atoms with Crippen LogP contribution in [0.5, 0.6) is 11.5 Å². The Bertz CT molecular complexity index is 839. The Morgan fingerprint density at radius 3 is 2.12 bits per heavy atom. The molecule has 0 spiro atoms. The number of carbonyl (C=O) groups excluding carboxylic acids is 1. The summed E-state index contributed by atoms with van der Waals surface area (Å²) in [6.45, 7) is 0. The molecule has 1 aromatic heterocycles. The van der Waals surface area contributed by atoms with E-state index in [1.54, 1.807) is 24.3 Å². The van der Waals surface area contributed by atoms with Gasteiger partial charge in [-0.2, -0.15) is 0 Å². The minimum absolute atomic E-state index is 0. The molecule has 0 atom stereocenters. The van der Waals surface area contributed by atoms with Crippen molar-refractivity contribution in [1.29, 1.82) is 0 Å². The third-order valence-corrected chi connectivity index (χ3v) is 3.03. The molecule has 114 valence electrons. The molecule has 0 aliphatic carbocycles. The predicted molar refractivity (Wildman–Crippen MR) is 78.3 cm³/mol. The number of benzene rings is 2. The summed E-state index contributed by atoms with van der Waals surface area (Å²) < 4.78 is 18.4. The van der Waals surface area contributed by atoms with Gasteiger partial charge in [0, 0.05) is 11.8 Å². The number of hydrogen-bond donors (Lipinski definition) is 0. The van der Waals surface area contributed by atoms with Gasteiger partial charge in [0.1, 0.15) is 17.3 Å². The summed E-state index contributed by atoms with van der Waals surface area (Å²) in [5.41, 5.74) is 0.459. The van der Waals surface area contributed by atoms with Crippen LogP contribution in [0.4, 0.5) is 4.39 Å². The van der Waals surface area contributed by atoms with Crippen molar-refractivity contribution < 1.29 is 48.6 Å². The van der Waals surface area contributed by atoms with E-state index in [0.717, 1.165) is 0 Å². The Labute approximate surface area is 159 Å². The minimum Gasteiger partial charge on any atom is -0.543 e. The standard InChI is InChI=1S/C17H11FN2O3.Na/c18-12-3-7-14(8-4-12)23-13-5-1-11(2-6-13)16-19-10-9-15(20-16)17(21)22;/h1-10H,(H,21,22);/q;+1/p-1. The summed E-state index contributed by atoms with van der Waals surface area (Å²) in [5, 5.41) is 10.8. The summed E-state index contributed by atoms with van der Waals surface area (Å²) in [6, 6.07) is 13.7. The fourth-order valence-corrected chi connectivity index (χ4v) is 1.92. The summed E-state index contributed by atoms with van der Waals surface area (Å²) in [5.74, 6) is -0.353. The normalized spacial score (nSPS) is 9.88. The topological polar surface area (TPSA) is 75.1 Å². The number of hydrogen-bond acceptors (Lipinski definition) is 5. The molecule has 0 saturated carbocycles. The molecule has 0 fully saturated rings. The van der Waals surface area contributed by atoms with Gasteiger partial charge in [-0.05, 0) is 54.6 Å². The molecule has 5 nitrogen and oxygen atoms in total. The van der Waals surface area contributed by atoms with Gasteiger partial charge in [0.2, 0.25) is 0 Å². The molecule has 0 aliphatic rings. The second-order valence-electron chi connectivity index (χ2n) is 4.63. The van der Waals surface area contributed by atoms with Crippen LogP contribution >= 0.6 is 0 Å². The average molecular weight is 332 g/mol. The minimum atomic E-state index is -1.36. The third-order valence-electron chi connectivity index (χ3n) is 3.03. The van der Waals surface area contributed by atoms with E-state index in [0.29, 0.717) is 17.1 Å². The molecule has 0 saturated heterocycles. The Kier molecular flexibility index (Phi) is 6.03. The van der Waals surface area contributed by atoms with Crippen LogP contribution in [-0.2, 0) is 0 Å². The van der Waals surface area contributed by atoms with Gasteiger partial charge in [0.15, 0.2) is 5.82 Å². The second-order valence-corrected chi connectivity index (χ2v) is 4.63. The quantitative estimate of drug-likeness (QED) is 0.599. The Morgan fingerprint density at radius 2 is 1.54 bits per heavy atom. The van der Waals surface area contributed by atoms with Crippen molar-refractivity contribution in [2.75, 3.05) is 0 Å². The monoisotopic (exact) mass is 332 g/mol. The smallest absolute Gasteiger partial charge is 0.543 e. The largest absolute Gasteiger partial charge is 1.00 e. The van der Waals surface area contributed by atoms with E-state index >= 15 is 0 Å². The van der Waals surface area contributed by atoms with Crippen LogP contribution in [0.3, 0.4) is 0 Å². The average Bonchev–Trinajstić information content (AvgIpc) is 2.58. The van der Waals surface area contributed by atoms with Gasteiger partial charge in [-0.15, -0.1) is 0 Å². The Balaban J connectivity index is 0.00000208. The van der Waals surface area contributed by atoms with Crippen molar-refractivity contribution in [2.24, 2.45) is 0 Å². The molecule has 0 radical (unpaired) electrons. The van der Waals surface area contributed by atoms with Gasteiger partial charge in [0.25, 0.3) is 0 Å². The number of aromatic nitrogens is 2.